The summed E-state index contributed by atoms with van der Waals surface area (Å²) in [6, 6.07) is 9.02. The first-order chi connectivity index (χ1) is 12.5. The molecule has 0 aromatic heterocycles. The fraction of sp³-hybridized carbons (Fsp3) is 0.600. The third-order valence-corrected chi connectivity index (χ3v) is 5.90. The van der Waals surface area contributed by atoms with E-state index in [-0.39, 0.29) is 12.5 Å². The van der Waals surface area contributed by atoms with Gasteiger partial charge in [0.1, 0.15) is 12.6 Å². The number of benzene rings is 1. The maximum absolute atomic E-state index is 12.8. The van der Waals surface area contributed by atoms with Gasteiger partial charge in [0.15, 0.2) is 0 Å². The molecule has 0 radical (unpaired) electrons. The van der Waals surface area contributed by atoms with Crippen LogP contribution in [0.25, 0.3) is 0 Å². The number of carbonyl (C=O) groups excluding carboxylic acids is 2. The second-order valence-electron chi connectivity index (χ2n) is 7.58. The quantitative estimate of drug-likeness (QED) is 0.896. The van der Waals surface area contributed by atoms with Gasteiger partial charge in [-0.3, -0.25) is 9.69 Å². The van der Waals surface area contributed by atoms with Crippen molar-refractivity contribution in [3.05, 3.63) is 35.9 Å². The summed E-state index contributed by atoms with van der Waals surface area (Å²) in [5.41, 5.74) is 1.31. The van der Waals surface area contributed by atoms with Crippen molar-refractivity contribution >= 4 is 12.0 Å². The zero-order chi connectivity index (χ0) is 18.6. The minimum Gasteiger partial charge on any atom is -0.445 e. The number of hydrogen-bond acceptors (Lipinski definition) is 4. The molecule has 2 fully saturated rings. The van der Waals surface area contributed by atoms with Gasteiger partial charge >= 0.3 is 6.09 Å². The molecule has 6 nitrogen and oxygen atoms in total. The number of piperidine rings is 1. The Labute approximate surface area is 155 Å². The summed E-state index contributed by atoms with van der Waals surface area (Å²) in [5.74, 6) is 0.00460. The number of likely N-dealkylation sites (tertiary alicyclic amines) is 1. The molecule has 1 spiro atoms. The molecular weight excluding hydrogens is 330 g/mol. The molecule has 1 N–H and O–H groups in total. The standard InChI is InChI=1S/C20H29N3O3/c1-16(22(2)19(25)26-14-17-6-4-3-5-7-17)18(24)23-12-9-20(10-13-23)8-11-21-15-20/h3-7,16,21H,8-15H2,1-2H3. The lowest BCUT2D eigenvalue weighted by Crippen LogP contribution is -2.51. The van der Waals surface area contributed by atoms with E-state index < -0.39 is 12.1 Å². The number of nitrogens with one attached hydrogen (secondary N) is 1. The number of hydrogen-bond donors (Lipinski definition) is 1. The van der Waals surface area contributed by atoms with Crippen LogP contribution in [-0.2, 0) is 16.1 Å². The van der Waals surface area contributed by atoms with Crippen molar-refractivity contribution in [3.8, 4) is 0 Å². The minimum atomic E-state index is -0.519. The summed E-state index contributed by atoms with van der Waals surface area (Å²) in [6.45, 7) is 5.68. The van der Waals surface area contributed by atoms with Crippen molar-refractivity contribution in [3.63, 3.8) is 0 Å². The summed E-state index contributed by atoms with van der Waals surface area (Å²) in [5, 5.41) is 3.44. The molecule has 1 aromatic rings. The molecule has 1 unspecified atom stereocenters. The molecule has 2 amide bonds. The lowest BCUT2D eigenvalue weighted by molar-refractivity contribution is -0.137. The first-order valence-electron chi connectivity index (χ1n) is 9.44. The van der Waals surface area contributed by atoms with Gasteiger partial charge in [-0.1, -0.05) is 30.3 Å². The van der Waals surface area contributed by atoms with Crippen LogP contribution in [0, 0.1) is 5.41 Å². The number of ether oxygens (including phenoxy) is 1. The van der Waals surface area contributed by atoms with Gasteiger partial charge in [0.25, 0.3) is 0 Å². The van der Waals surface area contributed by atoms with E-state index in [1.165, 1.54) is 11.3 Å². The summed E-state index contributed by atoms with van der Waals surface area (Å²) in [7, 11) is 1.63. The Bertz CT molecular complexity index is 618. The molecule has 2 saturated heterocycles. The molecule has 26 heavy (non-hydrogen) atoms. The number of rotatable bonds is 4. The van der Waals surface area contributed by atoms with Gasteiger partial charge in [-0.2, -0.15) is 0 Å². The van der Waals surface area contributed by atoms with Gasteiger partial charge < -0.3 is 15.0 Å². The zero-order valence-corrected chi connectivity index (χ0v) is 15.7. The van der Waals surface area contributed by atoms with Crippen molar-refractivity contribution in [2.45, 2.75) is 38.8 Å². The smallest absolute Gasteiger partial charge is 0.410 e. The van der Waals surface area contributed by atoms with E-state index in [0.717, 1.165) is 44.6 Å². The fourth-order valence-corrected chi connectivity index (χ4v) is 3.83. The predicted molar refractivity (Wildman–Crippen MR) is 99.6 cm³/mol. The Morgan fingerprint density at radius 1 is 1.23 bits per heavy atom. The van der Waals surface area contributed by atoms with Crippen LogP contribution in [0.4, 0.5) is 4.79 Å². The van der Waals surface area contributed by atoms with Gasteiger partial charge in [-0.05, 0) is 43.7 Å². The van der Waals surface area contributed by atoms with E-state index in [4.69, 9.17) is 4.74 Å². The van der Waals surface area contributed by atoms with Crippen molar-refractivity contribution < 1.29 is 14.3 Å². The maximum atomic E-state index is 12.8. The third-order valence-electron chi connectivity index (χ3n) is 5.90. The third kappa shape index (κ3) is 4.18. The fourth-order valence-electron chi connectivity index (χ4n) is 3.83. The normalized spacial score (nSPS) is 20.0. The van der Waals surface area contributed by atoms with Crippen LogP contribution in [0.15, 0.2) is 30.3 Å². The van der Waals surface area contributed by atoms with Gasteiger partial charge in [-0.15, -0.1) is 0 Å². The largest absolute Gasteiger partial charge is 0.445 e. The van der Waals surface area contributed by atoms with Crippen LogP contribution >= 0.6 is 0 Å². The van der Waals surface area contributed by atoms with E-state index >= 15 is 0 Å². The van der Waals surface area contributed by atoms with E-state index in [1.807, 2.05) is 35.2 Å². The van der Waals surface area contributed by atoms with Crippen molar-refractivity contribution in [2.24, 2.45) is 5.41 Å². The van der Waals surface area contributed by atoms with Crippen LogP contribution in [0.1, 0.15) is 31.7 Å². The average Bonchev–Trinajstić information content (AvgIpc) is 3.13. The lowest BCUT2D eigenvalue weighted by Gasteiger charge is -2.40. The van der Waals surface area contributed by atoms with E-state index in [0.29, 0.717) is 5.41 Å². The van der Waals surface area contributed by atoms with Crippen molar-refractivity contribution in [1.82, 2.24) is 15.1 Å². The first kappa shape index (κ1) is 18.7. The highest BCUT2D eigenvalue weighted by atomic mass is 16.6. The summed E-state index contributed by atoms with van der Waals surface area (Å²) < 4.78 is 5.33. The number of carbonyl (C=O) groups is 2. The molecule has 142 valence electrons. The highest BCUT2D eigenvalue weighted by Crippen LogP contribution is 2.37. The van der Waals surface area contributed by atoms with Crippen LogP contribution in [0.2, 0.25) is 0 Å². The van der Waals surface area contributed by atoms with Gasteiger partial charge in [-0.25, -0.2) is 4.79 Å². The monoisotopic (exact) mass is 359 g/mol. The Kier molecular flexibility index (Phi) is 5.81. The van der Waals surface area contributed by atoms with Gasteiger partial charge in [0.05, 0.1) is 0 Å². The lowest BCUT2D eigenvalue weighted by atomic mass is 9.78. The number of amides is 2. The van der Waals surface area contributed by atoms with E-state index in [9.17, 15) is 9.59 Å². The van der Waals surface area contributed by atoms with Gasteiger partial charge in [0, 0.05) is 26.7 Å². The van der Waals surface area contributed by atoms with Gasteiger partial charge in [0.2, 0.25) is 5.91 Å². The maximum Gasteiger partial charge on any atom is 0.410 e. The molecule has 0 bridgehead atoms. The van der Waals surface area contributed by atoms with E-state index in [1.54, 1.807) is 14.0 Å². The summed E-state index contributed by atoms with van der Waals surface area (Å²) >= 11 is 0. The Morgan fingerprint density at radius 3 is 2.54 bits per heavy atom. The van der Waals surface area contributed by atoms with Crippen LogP contribution in [-0.4, -0.2) is 61.1 Å². The second-order valence-corrected chi connectivity index (χ2v) is 7.58. The Hall–Kier alpha value is -2.08. The topological polar surface area (TPSA) is 61.9 Å². The molecule has 1 atom stereocenters. The molecule has 0 saturated carbocycles. The molecular formula is C20H29N3O3. The molecule has 3 rings (SSSR count). The van der Waals surface area contributed by atoms with Crippen molar-refractivity contribution in [1.29, 1.82) is 0 Å². The summed E-state index contributed by atoms with van der Waals surface area (Å²) in [4.78, 5) is 28.3. The highest BCUT2D eigenvalue weighted by Gasteiger charge is 2.39. The second kappa shape index (κ2) is 8.08. The Morgan fingerprint density at radius 2 is 1.92 bits per heavy atom. The van der Waals surface area contributed by atoms with Crippen LogP contribution in [0.5, 0.6) is 0 Å². The molecule has 1 aromatic carbocycles. The van der Waals surface area contributed by atoms with Crippen molar-refractivity contribution in [2.75, 3.05) is 33.2 Å². The molecule has 2 aliphatic heterocycles. The highest BCUT2D eigenvalue weighted by molar-refractivity contribution is 5.85. The predicted octanol–water partition coefficient (Wildman–Crippen LogP) is 2.25. The minimum absolute atomic E-state index is 0.00460. The summed E-state index contributed by atoms with van der Waals surface area (Å²) in [6.07, 6.45) is 2.82. The van der Waals surface area contributed by atoms with E-state index in [2.05, 4.69) is 5.32 Å². The first-order valence-corrected chi connectivity index (χ1v) is 9.44. The Balaban J connectivity index is 1.48. The number of nitrogens with zero attached hydrogens (tertiary/aromatic N) is 2. The van der Waals surface area contributed by atoms with Crippen LogP contribution in [0.3, 0.4) is 0 Å². The molecule has 2 aliphatic rings. The average molecular weight is 359 g/mol. The zero-order valence-electron chi connectivity index (χ0n) is 15.7. The van der Waals surface area contributed by atoms with Crippen LogP contribution < -0.4 is 5.32 Å². The number of likely N-dealkylation sites (N-methyl/N-ethyl adjacent to an activating group) is 1. The SMILES string of the molecule is CC(C(=O)N1CCC2(CCNC2)CC1)N(C)C(=O)OCc1ccccc1. The molecule has 0 aliphatic carbocycles. The molecule has 2 heterocycles. The molecule has 6 heteroatoms.